The highest BCUT2D eigenvalue weighted by Gasteiger charge is 2.45. The van der Waals surface area contributed by atoms with E-state index < -0.39 is 0 Å². The van der Waals surface area contributed by atoms with Crippen LogP contribution in [0.1, 0.15) is 52.9 Å². The van der Waals surface area contributed by atoms with Gasteiger partial charge in [-0.3, -0.25) is 4.79 Å². The normalized spacial score (nSPS) is 40.5. The zero-order valence-electron chi connectivity index (χ0n) is 13.3. The molecular weight excluding hydrogens is 252 g/mol. The molecule has 0 aromatic heterocycles. The van der Waals surface area contributed by atoms with Crippen LogP contribution in [0.25, 0.3) is 0 Å². The van der Waals surface area contributed by atoms with Crippen molar-refractivity contribution >= 4 is 5.91 Å². The summed E-state index contributed by atoms with van der Waals surface area (Å²) in [6.45, 7) is 6.55. The first-order valence-electron chi connectivity index (χ1n) is 7.96. The summed E-state index contributed by atoms with van der Waals surface area (Å²) < 4.78 is 5.47. The second-order valence-electron chi connectivity index (χ2n) is 7.22. The second-order valence-corrected chi connectivity index (χ2v) is 7.22. The summed E-state index contributed by atoms with van der Waals surface area (Å²) in [7, 11) is 1.74. The quantitative estimate of drug-likeness (QED) is 0.833. The number of carbonyl (C=O) groups excluding carboxylic acids is 1. The molecule has 1 amide bonds. The Labute approximate surface area is 122 Å². The molecule has 4 nitrogen and oxygen atoms in total. The third-order valence-corrected chi connectivity index (χ3v) is 5.90. The fraction of sp³-hybridized carbons (Fsp3) is 0.938. The standard InChI is InChI=1S/C16H30N2O2/c1-10-12(17)9-8-11(16(10,2)3)15(19)18-13-6-5-7-14(13)20-4/h10-14H,5-9,17H2,1-4H3,(H,18,19). The van der Waals surface area contributed by atoms with Crippen molar-refractivity contribution in [2.45, 2.75) is 71.1 Å². The summed E-state index contributed by atoms with van der Waals surface area (Å²) in [6.07, 6.45) is 5.25. The fourth-order valence-electron chi connectivity index (χ4n) is 3.98. The van der Waals surface area contributed by atoms with Crippen molar-refractivity contribution in [2.24, 2.45) is 23.0 Å². The number of hydrogen-bond donors (Lipinski definition) is 2. The molecule has 0 saturated heterocycles. The molecule has 4 heteroatoms. The molecule has 2 aliphatic rings. The highest BCUT2D eigenvalue weighted by atomic mass is 16.5. The predicted octanol–water partition coefficient (Wildman–Crippen LogP) is 2.07. The minimum absolute atomic E-state index is 0.0388. The van der Waals surface area contributed by atoms with E-state index in [0.717, 1.165) is 32.1 Å². The molecule has 0 aromatic carbocycles. The van der Waals surface area contributed by atoms with Crippen molar-refractivity contribution in [1.82, 2.24) is 5.32 Å². The van der Waals surface area contributed by atoms with Gasteiger partial charge in [0.2, 0.25) is 5.91 Å². The lowest BCUT2D eigenvalue weighted by Crippen LogP contribution is -2.53. The minimum Gasteiger partial charge on any atom is -0.379 e. The molecule has 5 atom stereocenters. The second kappa shape index (κ2) is 6.02. The number of methoxy groups -OCH3 is 1. The summed E-state index contributed by atoms with van der Waals surface area (Å²) in [5, 5.41) is 3.24. The van der Waals surface area contributed by atoms with Crippen molar-refractivity contribution in [2.75, 3.05) is 7.11 Å². The van der Waals surface area contributed by atoms with Gasteiger partial charge >= 0.3 is 0 Å². The van der Waals surface area contributed by atoms with E-state index >= 15 is 0 Å². The number of rotatable bonds is 3. The first kappa shape index (κ1) is 15.8. The largest absolute Gasteiger partial charge is 0.379 e. The molecule has 2 fully saturated rings. The Bertz CT molecular complexity index is 356. The maximum atomic E-state index is 12.7. The first-order chi connectivity index (χ1) is 9.37. The van der Waals surface area contributed by atoms with Gasteiger partial charge < -0.3 is 15.8 Å². The summed E-state index contributed by atoms with van der Waals surface area (Å²) >= 11 is 0. The van der Waals surface area contributed by atoms with Crippen LogP contribution >= 0.6 is 0 Å². The number of amides is 1. The van der Waals surface area contributed by atoms with Crippen molar-refractivity contribution in [3.63, 3.8) is 0 Å². The summed E-state index contributed by atoms with van der Waals surface area (Å²) in [5.74, 6) is 0.631. The Balaban J connectivity index is 2.01. The molecule has 5 unspecified atom stereocenters. The SMILES string of the molecule is COC1CCCC1NC(=O)C1CCC(N)C(C)C1(C)C. The smallest absolute Gasteiger partial charge is 0.223 e. The van der Waals surface area contributed by atoms with Gasteiger partial charge in [0.05, 0.1) is 12.1 Å². The third-order valence-electron chi connectivity index (χ3n) is 5.90. The van der Waals surface area contributed by atoms with Crippen LogP contribution in [0.15, 0.2) is 0 Å². The van der Waals surface area contributed by atoms with E-state index in [1.807, 2.05) is 0 Å². The fourth-order valence-corrected chi connectivity index (χ4v) is 3.98. The molecule has 116 valence electrons. The first-order valence-corrected chi connectivity index (χ1v) is 7.96. The summed E-state index contributed by atoms with van der Waals surface area (Å²) in [4.78, 5) is 12.7. The van der Waals surface area contributed by atoms with Crippen LogP contribution in [0.5, 0.6) is 0 Å². The van der Waals surface area contributed by atoms with E-state index in [1.165, 1.54) is 0 Å². The van der Waals surface area contributed by atoms with Gasteiger partial charge in [0, 0.05) is 19.1 Å². The van der Waals surface area contributed by atoms with Crippen molar-refractivity contribution in [3.8, 4) is 0 Å². The van der Waals surface area contributed by atoms with E-state index in [0.29, 0.717) is 5.92 Å². The third kappa shape index (κ3) is 2.86. The molecule has 2 aliphatic carbocycles. The molecule has 0 bridgehead atoms. The molecule has 0 heterocycles. The lowest BCUT2D eigenvalue weighted by molar-refractivity contribution is -0.134. The van der Waals surface area contributed by atoms with Crippen LogP contribution in [0, 0.1) is 17.3 Å². The Morgan fingerprint density at radius 1 is 1.25 bits per heavy atom. The summed E-state index contributed by atoms with van der Waals surface area (Å²) in [6, 6.07) is 0.404. The molecule has 0 spiro atoms. The summed E-state index contributed by atoms with van der Waals surface area (Å²) in [5.41, 5.74) is 6.13. The molecule has 2 rings (SSSR count). The number of nitrogens with two attached hydrogens (primary N) is 1. The van der Waals surface area contributed by atoms with Gasteiger partial charge in [-0.2, -0.15) is 0 Å². The van der Waals surface area contributed by atoms with Crippen LogP contribution in [0.4, 0.5) is 0 Å². The van der Waals surface area contributed by atoms with Crippen molar-refractivity contribution in [1.29, 1.82) is 0 Å². The van der Waals surface area contributed by atoms with Crippen LogP contribution in [0.2, 0.25) is 0 Å². The average Bonchev–Trinajstić information content (AvgIpc) is 2.83. The van der Waals surface area contributed by atoms with Gasteiger partial charge in [-0.1, -0.05) is 20.8 Å². The number of nitrogens with one attached hydrogen (secondary N) is 1. The van der Waals surface area contributed by atoms with E-state index in [9.17, 15) is 4.79 Å². The van der Waals surface area contributed by atoms with Gasteiger partial charge in [0.25, 0.3) is 0 Å². The maximum Gasteiger partial charge on any atom is 0.223 e. The van der Waals surface area contributed by atoms with Crippen LogP contribution in [-0.4, -0.2) is 31.2 Å². The molecule has 0 radical (unpaired) electrons. The predicted molar refractivity (Wildman–Crippen MR) is 80.2 cm³/mol. The number of hydrogen-bond acceptors (Lipinski definition) is 3. The van der Waals surface area contributed by atoms with Crippen molar-refractivity contribution < 1.29 is 9.53 Å². The van der Waals surface area contributed by atoms with Crippen LogP contribution < -0.4 is 11.1 Å². The molecule has 0 aromatic rings. The van der Waals surface area contributed by atoms with Crippen LogP contribution in [0.3, 0.4) is 0 Å². The van der Waals surface area contributed by atoms with E-state index in [2.05, 4.69) is 26.1 Å². The van der Waals surface area contributed by atoms with E-state index in [4.69, 9.17) is 10.5 Å². The molecular formula is C16H30N2O2. The zero-order chi connectivity index (χ0) is 14.9. The van der Waals surface area contributed by atoms with Gasteiger partial charge in [0.15, 0.2) is 0 Å². The van der Waals surface area contributed by atoms with Crippen molar-refractivity contribution in [3.05, 3.63) is 0 Å². The Hall–Kier alpha value is -0.610. The topological polar surface area (TPSA) is 64.3 Å². The van der Waals surface area contributed by atoms with Gasteiger partial charge in [-0.05, 0) is 43.4 Å². The lowest BCUT2D eigenvalue weighted by Gasteiger charge is -2.46. The maximum absolute atomic E-state index is 12.7. The zero-order valence-corrected chi connectivity index (χ0v) is 13.3. The molecule has 0 aliphatic heterocycles. The monoisotopic (exact) mass is 282 g/mol. The van der Waals surface area contributed by atoms with Crippen LogP contribution in [-0.2, 0) is 9.53 Å². The number of carbonyl (C=O) groups is 1. The molecule has 3 N–H and O–H groups in total. The van der Waals surface area contributed by atoms with E-state index in [-0.39, 0.29) is 35.4 Å². The van der Waals surface area contributed by atoms with Gasteiger partial charge in [-0.25, -0.2) is 0 Å². The Morgan fingerprint density at radius 3 is 2.60 bits per heavy atom. The Morgan fingerprint density at radius 2 is 1.95 bits per heavy atom. The van der Waals surface area contributed by atoms with Gasteiger partial charge in [0.1, 0.15) is 0 Å². The minimum atomic E-state index is -0.0388. The molecule has 20 heavy (non-hydrogen) atoms. The van der Waals surface area contributed by atoms with E-state index in [1.54, 1.807) is 7.11 Å². The average molecular weight is 282 g/mol. The molecule has 2 saturated carbocycles. The lowest BCUT2D eigenvalue weighted by atomic mass is 9.61. The van der Waals surface area contributed by atoms with Gasteiger partial charge in [-0.15, -0.1) is 0 Å². The highest BCUT2D eigenvalue weighted by Crippen LogP contribution is 2.44. The Kier molecular flexibility index (Phi) is 4.75. The number of ether oxygens (including phenoxy) is 1. The highest BCUT2D eigenvalue weighted by molar-refractivity contribution is 5.80.